The average Bonchev–Trinajstić information content (AvgIpc) is 2.88. The lowest BCUT2D eigenvalue weighted by atomic mass is 9.77. The maximum atomic E-state index is 14.9. The Morgan fingerprint density at radius 2 is 1.50 bits per heavy atom. The van der Waals surface area contributed by atoms with Crippen LogP contribution in [-0.2, 0) is 17.8 Å². The maximum Gasteiger partial charge on any atom is 0.391 e. The van der Waals surface area contributed by atoms with Crippen LogP contribution in [0.1, 0.15) is 119 Å². The highest BCUT2D eigenvalue weighted by atomic mass is 19.3. The van der Waals surface area contributed by atoms with Gasteiger partial charge in [-0.1, -0.05) is 88.8 Å². The van der Waals surface area contributed by atoms with Gasteiger partial charge in [-0.3, -0.25) is 0 Å². The fourth-order valence-corrected chi connectivity index (χ4v) is 5.32. The number of alkyl halides is 3. The van der Waals surface area contributed by atoms with Crippen molar-refractivity contribution >= 4 is 0 Å². The van der Waals surface area contributed by atoms with Gasteiger partial charge in [0.25, 0.3) is 0 Å². The van der Waals surface area contributed by atoms with Gasteiger partial charge in [0.15, 0.2) is 0 Å². The van der Waals surface area contributed by atoms with Crippen LogP contribution in [-0.4, -0.2) is 6.11 Å². The van der Waals surface area contributed by atoms with Crippen LogP contribution >= 0.6 is 0 Å². The number of halogens is 4. The molecule has 1 atom stereocenters. The van der Waals surface area contributed by atoms with Gasteiger partial charge < -0.3 is 4.74 Å². The van der Waals surface area contributed by atoms with E-state index >= 15 is 0 Å². The lowest BCUT2D eigenvalue weighted by molar-refractivity contribution is -0.282. The third-order valence-electron chi connectivity index (χ3n) is 7.64. The van der Waals surface area contributed by atoms with Crippen molar-refractivity contribution in [2.45, 2.75) is 116 Å². The molecule has 1 aliphatic carbocycles. The first-order valence-corrected chi connectivity index (χ1v) is 13.9. The summed E-state index contributed by atoms with van der Waals surface area (Å²) in [7, 11) is 0. The Bertz CT molecular complexity index is 903. The van der Waals surface area contributed by atoms with Crippen LogP contribution in [0.4, 0.5) is 17.6 Å². The number of unbranched alkanes of at least 4 members (excludes halogenated alkanes) is 4. The van der Waals surface area contributed by atoms with Crippen molar-refractivity contribution in [3.63, 3.8) is 0 Å². The topological polar surface area (TPSA) is 9.23 Å². The van der Waals surface area contributed by atoms with Gasteiger partial charge in [-0.05, 0) is 78.7 Å². The highest BCUT2D eigenvalue weighted by molar-refractivity contribution is 5.28. The van der Waals surface area contributed by atoms with Crippen LogP contribution in [0, 0.1) is 11.7 Å². The third kappa shape index (κ3) is 8.33. The van der Waals surface area contributed by atoms with E-state index in [1.165, 1.54) is 43.9 Å². The van der Waals surface area contributed by atoms with Crippen LogP contribution in [0.25, 0.3) is 0 Å². The molecule has 1 nitrogen and oxygen atoms in total. The number of rotatable bonds is 14. The fourth-order valence-electron chi connectivity index (χ4n) is 5.32. The van der Waals surface area contributed by atoms with E-state index in [9.17, 15) is 17.6 Å². The molecule has 0 spiro atoms. The molecule has 2 aromatic carbocycles. The van der Waals surface area contributed by atoms with Crippen molar-refractivity contribution in [1.29, 1.82) is 0 Å². The number of hydrogen-bond donors (Lipinski definition) is 0. The van der Waals surface area contributed by atoms with E-state index in [1.54, 1.807) is 24.3 Å². The quantitative estimate of drug-likeness (QED) is 0.183. The van der Waals surface area contributed by atoms with Crippen molar-refractivity contribution < 1.29 is 22.3 Å². The molecular formula is C31H42F4O. The SMILES string of the molecule is CCCCCc1ccc(C(F)C(F)(F)OCc2ccc(C3CCC(CCCCC)CC3)c(F)c2)cc1. The fraction of sp³-hybridized carbons (Fsp3) is 0.613. The number of ether oxygens (including phenoxy) is 1. The Kier molecular flexibility index (Phi) is 11.3. The molecule has 1 aliphatic rings. The molecule has 0 bridgehead atoms. The second-order valence-electron chi connectivity index (χ2n) is 10.5. The van der Waals surface area contributed by atoms with Gasteiger partial charge in [-0.25, -0.2) is 8.78 Å². The van der Waals surface area contributed by atoms with Crippen LogP contribution in [0.5, 0.6) is 0 Å². The van der Waals surface area contributed by atoms with Gasteiger partial charge in [0, 0.05) is 0 Å². The molecule has 0 aromatic heterocycles. The van der Waals surface area contributed by atoms with Gasteiger partial charge >= 0.3 is 6.11 Å². The molecule has 0 saturated heterocycles. The largest absolute Gasteiger partial charge is 0.391 e. The molecule has 0 radical (unpaired) electrons. The number of aryl methyl sites for hydroxylation is 1. The Hall–Kier alpha value is -1.88. The molecule has 36 heavy (non-hydrogen) atoms. The molecule has 0 aliphatic heterocycles. The van der Waals surface area contributed by atoms with E-state index in [2.05, 4.69) is 18.6 Å². The zero-order chi connectivity index (χ0) is 26.0. The summed E-state index contributed by atoms with van der Waals surface area (Å²) in [4.78, 5) is 0. The van der Waals surface area contributed by atoms with Crippen LogP contribution in [0.15, 0.2) is 42.5 Å². The summed E-state index contributed by atoms with van der Waals surface area (Å²) in [6, 6.07) is 10.8. The Labute approximate surface area is 214 Å². The van der Waals surface area contributed by atoms with Crippen LogP contribution in [0.3, 0.4) is 0 Å². The van der Waals surface area contributed by atoms with Gasteiger partial charge in [0.2, 0.25) is 6.17 Å². The molecule has 5 heteroatoms. The van der Waals surface area contributed by atoms with Gasteiger partial charge in [-0.2, -0.15) is 8.78 Å². The summed E-state index contributed by atoms with van der Waals surface area (Å²) in [6.07, 6.45) is 6.64. The molecule has 200 valence electrons. The van der Waals surface area contributed by atoms with Crippen molar-refractivity contribution in [2.75, 3.05) is 0 Å². The first kappa shape index (κ1) is 28.7. The standard InChI is InChI=1S/C31H42F4O/c1-3-5-7-9-23-11-16-26(17-12-23)28-20-15-25(21-29(28)32)22-36-31(34,35)30(33)27-18-13-24(14-19-27)10-8-6-4-2/h13-15,18-21,23,26,30H,3-12,16-17,22H2,1-2H3. The minimum Gasteiger partial charge on any atom is -0.313 e. The molecule has 3 rings (SSSR count). The lowest BCUT2D eigenvalue weighted by Crippen LogP contribution is -2.27. The lowest BCUT2D eigenvalue weighted by Gasteiger charge is -2.29. The van der Waals surface area contributed by atoms with E-state index < -0.39 is 18.9 Å². The van der Waals surface area contributed by atoms with Gasteiger partial charge in [0.1, 0.15) is 5.82 Å². The smallest absolute Gasteiger partial charge is 0.313 e. The third-order valence-corrected chi connectivity index (χ3v) is 7.64. The van der Waals surface area contributed by atoms with Crippen molar-refractivity contribution in [2.24, 2.45) is 5.92 Å². The zero-order valence-corrected chi connectivity index (χ0v) is 21.9. The van der Waals surface area contributed by atoms with Crippen LogP contribution in [0.2, 0.25) is 0 Å². The molecule has 0 N–H and O–H groups in total. The van der Waals surface area contributed by atoms with Gasteiger partial charge in [-0.15, -0.1) is 0 Å². The predicted molar refractivity (Wildman–Crippen MR) is 138 cm³/mol. The first-order valence-electron chi connectivity index (χ1n) is 13.9. The first-order chi connectivity index (χ1) is 17.3. The Morgan fingerprint density at radius 1 is 0.861 bits per heavy atom. The summed E-state index contributed by atoms with van der Waals surface area (Å²) in [5, 5.41) is 0. The van der Waals surface area contributed by atoms with E-state index in [0.717, 1.165) is 62.8 Å². The summed E-state index contributed by atoms with van der Waals surface area (Å²) in [5.41, 5.74) is 1.82. The highest BCUT2D eigenvalue weighted by Crippen LogP contribution is 2.40. The predicted octanol–water partition coefficient (Wildman–Crippen LogP) is 10.2. The minimum absolute atomic E-state index is 0.119. The molecule has 0 heterocycles. The summed E-state index contributed by atoms with van der Waals surface area (Å²) in [5.74, 6) is 0.519. The van der Waals surface area contributed by atoms with Crippen molar-refractivity contribution in [3.05, 3.63) is 70.5 Å². The second kappa shape index (κ2) is 14.2. The number of hydrogen-bond acceptors (Lipinski definition) is 1. The van der Waals surface area contributed by atoms with E-state index in [4.69, 9.17) is 0 Å². The minimum atomic E-state index is -4.00. The van der Waals surface area contributed by atoms with E-state index in [-0.39, 0.29) is 22.9 Å². The molecular weight excluding hydrogens is 464 g/mol. The molecule has 1 saturated carbocycles. The second-order valence-corrected chi connectivity index (χ2v) is 10.5. The molecule has 1 unspecified atom stereocenters. The summed E-state index contributed by atoms with van der Waals surface area (Å²) in [6.45, 7) is 3.77. The Morgan fingerprint density at radius 3 is 2.14 bits per heavy atom. The van der Waals surface area contributed by atoms with Crippen molar-refractivity contribution in [3.8, 4) is 0 Å². The Balaban J connectivity index is 1.51. The maximum absolute atomic E-state index is 14.9. The average molecular weight is 507 g/mol. The molecule has 0 amide bonds. The summed E-state index contributed by atoms with van der Waals surface area (Å²) >= 11 is 0. The van der Waals surface area contributed by atoms with Crippen LogP contribution < -0.4 is 0 Å². The zero-order valence-electron chi connectivity index (χ0n) is 21.9. The van der Waals surface area contributed by atoms with Crippen molar-refractivity contribution in [1.82, 2.24) is 0 Å². The van der Waals surface area contributed by atoms with E-state index in [0.29, 0.717) is 5.56 Å². The summed E-state index contributed by atoms with van der Waals surface area (Å²) < 4.78 is 63.1. The number of benzene rings is 2. The highest BCUT2D eigenvalue weighted by Gasteiger charge is 2.42. The normalized spacial score (nSPS) is 19.4. The van der Waals surface area contributed by atoms with E-state index in [1.807, 2.05) is 0 Å². The monoisotopic (exact) mass is 506 g/mol. The molecule has 1 fully saturated rings. The molecule has 2 aromatic rings. The van der Waals surface area contributed by atoms with Gasteiger partial charge in [0.05, 0.1) is 6.61 Å².